The second-order valence-electron chi connectivity index (χ2n) is 8.30. The first kappa shape index (κ1) is 17.1. The van der Waals surface area contributed by atoms with E-state index in [-0.39, 0.29) is 0 Å². The Kier molecular flexibility index (Phi) is 3.87. The average Bonchev–Trinajstić information content (AvgIpc) is 3.03. The summed E-state index contributed by atoms with van der Waals surface area (Å²) in [7, 11) is 4.44. The normalized spacial score (nSPS) is 16.5. The van der Waals surface area contributed by atoms with E-state index in [4.69, 9.17) is 0 Å². The third-order valence-electron chi connectivity index (χ3n) is 5.98. The Labute approximate surface area is 156 Å². The zero-order chi connectivity index (χ0) is 18.7. The molecule has 0 saturated carbocycles. The van der Waals surface area contributed by atoms with Gasteiger partial charge in [0, 0.05) is 11.5 Å². The van der Waals surface area contributed by atoms with Crippen molar-refractivity contribution in [3.05, 3.63) is 53.2 Å². The monoisotopic (exact) mass is 348 g/mol. The van der Waals surface area contributed by atoms with Crippen molar-refractivity contribution in [2.24, 2.45) is 7.05 Å². The first-order valence-corrected chi connectivity index (χ1v) is 9.73. The van der Waals surface area contributed by atoms with Crippen molar-refractivity contribution in [1.29, 1.82) is 0 Å². The molecule has 1 aliphatic heterocycles. The number of aromatic nitrogens is 2. The maximum Gasteiger partial charge on any atom is 0.235 e. The summed E-state index contributed by atoms with van der Waals surface area (Å²) in [4.78, 5) is 2.41. The molecule has 0 saturated heterocycles. The third-order valence-corrected chi connectivity index (χ3v) is 5.98. The molecule has 0 N–H and O–H groups in total. The summed E-state index contributed by atoms with van der Waals surface area (Å²) >= 11 is 0. The number of hydrogen-bond donors (Lipinski definition) is 0. The number of rotatable bonds is 2. The fraction of sp³-hybridized carbons (Fsp3) is 0.435. The van der Waals surface area contributed by atoms with Gasteiger partial charge in [-0.1, -0.05) is 39.0 Å². The van der Waals surface area contributed by atoms with Crippen LogP contribution < -0.4 is 9.47 Å². The van der Waals surface area contributed by atoms with E-state index in [0.29, 0.717) is 17.9 Å². The lowest BCUT2D eigenvalue weighted by Crippen LogP contribution is -2.41. The summed E-state index contributed by atoms with van der Waals surface area (Å²) < 4.78 is 4.76. The van der Waals surface area contributed by atoms with Gasteiger partial charge >= 0.3 is 0 Å². The molecule has 1 aliphatic rings. The molecular weight excluding hydrogens is 318 g/mol. The van der Waals surface area contributed by atoms with Gasteiger partial charge in [-0.2, -0.15) is 0 Å². The van der Waals surface area contributed by atoms with Gasteiger partial charge in [0.25, 0.3) is 0 Å². The van der Waals surface area contributed by atoms with Crippen LogP contribution in [0, 0.1) is 0 Å². The van der Waals surface area contributed by atoms with Crippen molar-refractivity contribution in [2.75, 3.05) is 11.9 Å². The molecule has 3 heterocycles. The number of aryl methyl sites for hydroxylation is 1. The molecule has 2 aromatic heterocycles. The summed E-state index contributed by atoms with van der Waals surface area (Å²) in [5.74, 6) is 2.22. The van der Waals surface area contributed by atoms with Crippen LogP contribution in [-0.4, -0.2) is 11.6 Å². The van der Waals surface area contributed by atoms with E-state index in [9.17, 15) is 0 Å². The minimum atomic E-state index is 0.396. The van der Waals surface area contributed by atoms with Gasteiger partial charge in [0.1, 0.15) is 5.69 Å². The Bertz CT molecular complexity index is 994. The highest BCUT2D eigenvalue weighted by Gasteiger charge is 2.35. The van der Waals surface area contributed by atoms with Crippen LogP contribution in [0.1, 0.15) is 69.2 Å². The second-order valence-corrected chi connectivity index (χ2v) is 8.30. The molecule has 0 spiro atoms. The zero-order valence-corrected chi connectivity index (χ0v) is 17.0. The van der Waals surface area contributed by atoms with Gasteiger partial charge in [0.15, 0.2) is 0 Å². The molecule has 3 aromatic rings. The number of para-hydroxylation sites is 1. The minimum Gasteiger partial charge on any atom is -0.264 e. The van der Waals surface area contributed by atoms with Gasteiger partial charge in [-0.25, -0.2) is 4.57 Å². The van der Waals surface area contributed by atoms with E-state index in [2.05, 4.69) is 99.3 Å². The van der Waals surface area contributed by atoms with Crippen molar-refractivity contribution in [3.63, 3.8) is 0 Å². The smallest absolute Gasteiger partial charge is 0.235 e. The zero-order valence-electron chi connectivity index (χ0n) is 17.0. The number of fused-ring (bicyclic) bond motifs is 3. The molecular formula is C23H30N3+. The Morgan fingerprint density at radius 1 is 1.04 bits per heavy atom. The number of pyridine rings is 1. The Morgan fingerprint density at radius 3 is 2.42 bits per heavy atom. The predicted molar refractivity (Wildman–Crippen MR) is 110 cm³/mol. The third kappa shape index (κ3) is 2.22. The summed E-state index contributed by atoms with van der Waals surface area (Å²) in [6.07, 6.45) is 2.22. The van der Waals surface area contributed by atoms with E-state index >= 15 is 0 Å². The van der Waals surface area contributed by atoms with Crippen LogP contribution >= 0.6 is 0 Å². The Balaban J connectivity index is 2.04. The second kappa shape index (κ2) is 5.87. The number of hydrogen-bond acceptors (Lipinski definition) is 1. The highest BCUT2D eigenvalue weighted by Crippen LogP contribution is 2.46. The topological polar surface area (TPSA) is 12.1 Å². The van der Waals surface area contributed by atoms with Gasteiger partial charge < -0.3 is 0 Å². The summed E-state index contributed by atoms with van der Waals surface area (Å²) in [5, 5.41) is 1.32. The Morgan fingerprint density at radius 2 is 1.77 bits per heavy atom. The van der Waals surface area contributed by atoms with Crippen molar-refractivity contribution < 1.29 is 4.57 Å². The number of anilines is 2. The SMILES string of the molecule is CC(C)c1cccc2c1N(C)c1c(cc3ccn(C(C)C)c3[n+]1C)C2C. The lowest BCUT2D eigenvalue weighted by Gasteiger charge is -2.33. The molecule has 1 unspecified atom stereocenters. The van der Waals surface area contributed by atoms with Crippen LogP contribution in [0.5, 0.6) is 0 Å². The minimum absolute atomic E-state index is 0.396. The van der Waals surface area contributed by atoms with Gasteiger partial charge in [-0.3, -0.25) is 9.47 Å². The van der Waals surface area contributed by atoms with Gasteiger partial charge in [-0.05, 0) is 43.0 Å². The fourth-order valence-corrected chi connectivity index (χ4v) is 4.67. The molecule has 1 atom stereocenters. The summed E-state index contributed by atoms with van der Waals surface area (Å²) in [5.41, 5.74) is 6.97. The first-order chi connectivity index (χ1) is 12.3. The summed E-state index contributed by atoms with van der Waals surface area (Å²) in [6, 6.07) is 11.9. The van der Waals surface area contributed by atoms with Crippen LogP contribution in [-0.2, 0) is 7.05 Å². The molecule has 3 nitrogen and oxygen atoms in total. The molecule has 0 bridgehead atoms. The molecule has 0 amide bonds. The maximum atomic E-state index is 2.41. The van der Waals surface area contributed by atoms with Crippen LogP contribution in [0.3, 0.4) is 0 Å². The van der Waals surface area contributed by atoms with Gasteiger partial charge in [0.05, 0.1) is 31.7 Å². The molecule has 136 valence electrons. The molecule has 4 rings (SSSR count). The van der Waals surface area contributed by atoms with Crippen LogP contribution in [0.4, 0.5) is 11.5 Å². The molecule has 1 aromatic carbocycles. The van der Waals surface area contributed by atoms with Crippen molar-refractivity contribution >= 4 is 22.5 Å². The largest absolute Gasteiger partial charge is 0.264 e. The quantitative estimate of drug-likeness (QED) is 0.564. The predicted octanol–water partition coefficient (Wildman–Crippen LogP) is 5.40. The van der Waals surface area contributed by atoms with E-state index < -0.39 is 0 Å². The molecule has 0 radical (unpaired) electrons. The van der Waals surface area contributed by atoms with E-state index in [0.717, 1.165) is 0 Å². The fourth-order valence-electron chi connectivity index (χ4n) is 4.67. The first-order valence-electron chi connectivity index (χ1n) is 9.73. The number of benzene rings is 1. The van der Waals surface area contributed by atoms with Crippen molar-refractivity contribution in [3.8, 4) is 0 Å². The molecule has 26 heavy (non-hydrogen) atoms. The van der Waals surface area contributed by atoms with Crippen LogP contribution in [0.2, 0.25) is 0 Å². The maximum absolute atomic E-state index is 2.41. The molecule has 0 fully saturated rings. The van der Waals surface area contributed by atoms with E-state index in [1.165, 1.54) is 39.2 Å². The van der Waals surface area contributed by atoms with Crippen LogP contribution in [0.15, 0.2) is 36.5 Å². The van der Waals surface area contributed by atoms with Gasteiger partial charge in [0.2, 0.25) is 11.5 Å². The summed E-state index contributed by atoms with van der Waals surface area (Å²) in [6.45, 7) is 11.4. The highest BCUT2D eigenvalue weighted by atomic mass is 15.3. The van der Waals surface area contributed by atoms with Crippen LogP contribution in [0.25, 0.3) is 11.0 Å². The van der Waals surface area contributed by atoms with E-state index in [1.54, 1.807) is 0 Å². The highest BCUT2D eigenvalue weighted by molar-refractivity contribution is 5.81. The Hall–Kier alpha value is -2.29. The van der Waals surface area contributed by atoms with Crippen molar-refractivity contribution in [2.45, 2.75) is 52.5 Å². The van der Waals surface area contributed by atoms with Crippen molar-refractivity contribution in [1.82, 2.24) is 4.57 Å². The lowest BCUT2D eigenvalue weighted by atomic mass is 9.84. The standard InChI is InChI=1S/C23H30N3/c1-14(2)18-9-8-10-19-16(5)20-13-17-11-12-26(15(3)4)22(17)25(7)23(20)24(6)21(18)19/h8-16H,1-7H3/q+1. The molecule has 3 heteroatoms. The average molecular weight is 349 g/mol. The lowest BCUT2D eigenvalue weighted by molar-refractivity contribution is -0.635. The molecule has 0 aliphatic carbocycles. The van der Waals surface area contributed by atoms with E-state index in [1.807, 2.05) is 0 Å². The van der Waals surface area contributed by atoms with Gasteiger partial charge in [-0.15, -0.1) is 0 Å². The number of nitrogens with zero attached hydrogens (tertiary/aromatic N) is 3.